The highest BCUT2D eigenvalue weighted by molar-refractivity contribution is 5.89. The Bertz CT molecular complexity index is 791. The Morgan fingerprint density at radius 2 is 2.08 bits per heavy atom. The van der Waals surface area contributed by atoms with Gasteiger partial charge < -0.3 is 19.1 Å². The minimum atomic E-state index is -0.337. The Morgan fingerprint density at radius 1 is 1.23 bits per heavy atom. The minimum Gasteiger partial charge on any atom is -0.486 e. The number of aromatic nitrogens is 1. The summed E-state index contributed by atoms with van der Waals surface area (Å²) < 4.78 is 16.4. The van der Waals surface area contributed by atoms with Crippen molar-refractivity contribution in [2.24, 2.45) is 0 Å². The summed E-state index contributed by atoms with van der Waals surface area (Å²) in [5.41, 5.74) is 1.67. The Hall–Kier alpha value is -2.76. The first-order valence-electron chi connectivity index (χ1n) is 9.05. The zero-order chi connectivity index (χ0) is 17.9. The van der Waals surface area contributed by atoms with Crippen LogP contribution in [0.3, 0.4) is 0 Å². The molecule has 26 heavy (non-hydrogen) atoms. The SMILES string of the molecule is CCOC(=O)c1ccc(N2CCC[C@@H]2c2ccc3c(c2)OCCO3)nc1. The van der Waals surface area contributed by atoms with Crippen molar-refractivity contribution in [2.75, 3.05) is 31.3 Å². The van der Waals surface area contributed by atoms with Crippen molar-refractivity contribution in [3.63, 3.8) is 0 Å². The van der Waals surface area contributed by atoms with Crippen molar-refractivity contribution in [1.29, 1.82) is 0 Å². The first kappa shape index (κ1) is 16.7. The van der Waals surface area contributed by atoms with Crippen molar-refractivity contribution in [3.8, 4) is 11.5 Å². The standard InChI is InChI=1S/C20H22N2O4/c1-2-24-20(23)15-6-8-19(21-13-15)22-9-3-4-16(22)14-5-7-17-18(12-14)26-11-10-25-17/h5-8,12-13,16H,2-4,9-11H2,1H3/t16-/m1/s1. The lowest BCUT2D eigenvalue weighted by molar-refractivity contribution is 0.0526. The number of esters is 1. The summed E-state index contributed by atoms with van der Waals surface area (Å²) in [5.74, 6) is 2.15. The Balaban J connectivity index is 1.56. The molecule has 0 amide bonds. The van der Waals surface area contributed by atoms with Crippen LogP contribution in [0.15, 0.2) is 36.5 Å². The van der Waals surface area contributed by atoms with E-state index in [1.165, 1.54) is 5.56 Å². The summed E-state index contributed by atoms with van der Waals surface area (Å²) in [6.45, 7) is 4.27. The number of anilines is 1. The third-order valence-electron chi connectivity index (χ3n) is 4.76. The molecule has 0 unspecified atom stereocenters. The zero-order valence-electron chi connectivity index (χ0n) is 14.8. The maximum atomic E-state index is 11.8. The maximum Gasteiger partial charge on any atom is 0.339 e. The van der Waals surface area contributed by atoms with Gasteiger partial charge in [0.15, 0.2) is 11.5 Å². The molecule has 136 valence electrons. The third kappa shape index (κ3) is 3.19. The fraction of sp³-hybridized carbons (Fsp3) is 0.400. The molecule has 1 fully saturated rings. The predicted octanol–water partition coefficient (Wildman–Crippen LogP) is 3.37. The van der Waals surface area contributed by atoms with E-state index < -0.39 is 0 Å². The van der Waals surface area contributed by atoms with E-state index in [0.29, 0.717) is 25.4 Å². The first-order chi connectivity index (χ1) is 12.8. The number of pyridine rings is 1. The van der Waals surface area contributed by atoms with Gasteiger partial charge in [-0.05, 0) is 49.6 Å². The van der Waals surface area contributed by atoms with Crippen molar-refractivity contribution in [1.82, 2.24) is 4.98 Å². The maximum absolute atomic E-state index is 11.8. The van der Waals surface area contributed by atoms with Crippen LogP contribution in [-0.4, -0.2) is 37.3 Å². The molecule has 6 nitrogen and oxygen atoms in total. The van der Waals surface area contributed by atoms with Gasteiger partial charge in [-0.2, -0.15) is 0 Å². The largest absolute Gasteiger partial charge is 0.486 e. The van der Waals surface area contributed by atoms with Gasteiger partial charge in [-0.1, -0.05) is 6.07 Å². The summed E-state index contributed by atoms with van der Waals surface area (Å²) >= 11 is 0. The van der Waals surface area contributed by atoms with Gasteiger partial charge in [0.2, 0.25) is 0 Å². The number of carbonyl (C=O) groups excluding carboxylic acids is 1. The lowest BCUT2D eigenvalue weighted by atomic mass is 10.0. The molecule has 0 bridgehead atoms. The number of ether oxygens (including phenoxy) is 3. The van der Waals surface area contributed by atoms with Crippen LogP contribution in [0.2, 0.25) is 0 Å². The van der Waals surface area contributed by atoms with E-state index in [9.17, 15) is 4.79 Å². The molecule has 0 N–H and O–H groups in total. The molecule has 0 aliphatic carbocycles. The van der Waals surface area contributed by atoms with E-state index in [4.69, 9.17) is 14.2 Å². The molecule has 1 atom stereocenters. The molecule has 2 aliphatic heterocycles. The molecule has 1 aromatic heterocycles. The molecule has 1 saturated heterocycles. The minimum absolute atomic E-state index is 0.242. The lowest BCUT2D eigenvalue weighted by Gasteiger charge is -2.27. The van der Waals surface area contributed by atoms with E-state index in [-0.39, 0.29) is 12.0 Å². The molecule has 6 heteroatoms. The monoisotopic (exact) mass is 354 g/mol. The second kappa shape index (κ2) is 7.23. The summed E-state index contributed by atoms with van der Waals surface area (Å²) in [7, 11) is 0. The number of carbonyl (C=O) groups is 1. The van der Waals surface area contributed by atoms with Crippen LogP contribution in [0.1, 0.15) is 41.7 Å². The van der Waals surface area contributed by atoms with Gasteiger partial charge in [0.05, 0.1) is 18.2 Å². The van der Waals surface area contributed by atoms with E-state index in [1.54, 1.807) is 19.2 Å². The first-order valence-corrected chi connectivity index (χ1v) is 9.05. The van der Waals surface area contributed by atoms with Gasteiger partial charge >= 0.3 is 5.97 Å². The quantitative estimate of drug-likeness (QED) is 0.785. The van der Waals surface area contributed by atoms with Gasteiger partial charge in [-0.25, -0.2) is 9.78 Å². The molecule has 1 aromatic carbocycles. The molecule has 3 heterocycles. The van der Waals surface area contributed by atoms with Crippen LogP contribution in [0, 0.1) is 0 Å². The smallest absolute Gasteiger partial charge is 0.339 e. The van der Waals surface area contributed by atoms with Crippen LogP contribution in [0.4, 0.5) is 5.82 Å². The van der Waals surface area contributed by atoms with Gasteiger partial charge in [0, 0.05) is 12.7 Å². The number of hydrogen-bond donors (Lipinski definition) is 0. The average molecular weight is 354 g/mol. The summed E-state index contributed by atoms with van der Waals surface area (Å²) in [4.78, 5) is 18.6. The van der Waals surface area contributed by atoms with Crippen LogP contribution in [0.5, 0.6) is 11.5 Å². The highest BCUT2D eigenvalue weighted by atomic mass is 16.6. The van der Waals surface area contributed by atoms with Crippen molar-refractivity contribution in [2.45, 2.75) is 25.8 Å². The molecule has 2 aliphatic rings. The molecule has 2 aromatic rings. The average Bonchev–Trinajstić information content (AvgIpc) is 3.18. The van der Waals surface area contributed by atoms with Crippen LogP contribution in [-0.2, 0) is 4.74 Å². The Labute approximate surface area is 152 Å². The molecular formula is C20H22N2O4. The Kier molecular flexibility index (Phi) is 4.65. The molecule has 0 radical (unpaired) electrons. The van der Waals surface area contributed by atoms with Crippen LogP contribution >= 0.6 is 0 Å². The molecular weight excluding hydrogens is 332 g/mol. The third-order valence-corrected chi connectivity index (χ3v) is 4.76. The van der Waals surface area contributed by atoms with E-state index in [1.807, 2.05) is 12.1 Å². The zero-order valence-corrected chi connectivity index (χ0v) is 14.8. The van der Waals surface area contributed by atoms with E-state index in [2.05, 4.69) is 22.0 Å². The fourth-order valence-corrected chi connectivity index (χ4v) is 3.55. The number of benzene rings is 1. The summed E-state index contributed by atoms with van der Waals surface area (Å²) in [6.07, 6.45) is 3.74. The van der Waals surface area contributed by atoms with Gasteiger partial charge in [-0.3, -0.25) is 0 Å². The van der Waals surface area contributed by atoms with Gasteiger partial charge in [-0.15, -0.1) is 0 Å². The second-order valence-corrected chi connectivity index (χ2v) is 6.38. The van der Waals surface area contributed by atoms with Gasteiger partial charge in [0.25, 0.3) is 0 Å². The van der Waals surface area contributed by atoms with Gasteiger partial charge in [0.1, 0.15) is 19.0 Å². The van der Waals surface area contributed by atoms with Crippen LogP contribution < -0.4 is 14.4 Å². The molecule has 0 saturated carbocycles. The number of rotatable bonds is 4. The lowest BCUT2D eigenvalue weighted by Crippen LogP contribution is -2.24. The predicted molar refractivity (Wildman–Crippen MR) is 96.9 cm³/mol. The van der Waals surface area contributed by atoms with E-state index in [0.717, 1.165) is 36.7 Å². The van der Waals surface area contributed by atoms with Crippen LogP contribution in [0.25, 0.3) is 0 Å². The number of fused-ring (bicyclic) bond motifs is 1. The summed E-state index contributed by atoms with van der Waals surface area (Å²) in [6, 6.07) is 10.1. The molecule has 0 spiro atoms. The molecule has 4 rings (SSSR count). The second-order valence-electron chi connectivity index (χ2n) is 6.38. The Morgan fingerprint density at radius 3 is 2.85 bits per heavy atom. The highest BCUT2D eigenvalue weighted by Gasteiger charge is 2.28. The van der Waals surface area contributed by atoms with Crippen molar-refractivity contribution >= 4 is 11.8 Å². The van der Waals surface area contributed by atoms with E-state index >= 15 is 0 Å². The highest BCUT2D eigenvalue weighted by Crippen LogP contribution is 2.39. The number of nitrogens with zero attached hydrogens (tertiary/aromatic N) is 2. The van der Waals surface area contributed by atoms with Crippen molar-refractivity contribution in [3.05, 3.63) is 47.7 Å². The topological polar surface area (TPSA) is 60.9 Å². The van der Waals surface area contributed by atoms with Crippen molar-refractivity contribution < 1.29 is 19.0 Å². The normalized spacial score (nSPS) is 18.7. The number of hydrogen-bond acceptors (Lipinski definition) is 6. The fourth-order valence-electron chi connectivity index (χ4n) is 3.55. The summed E-state index contributed by atoms with van der Waals surface area (Å²) in [5, 5.41) is 0.